The van der Waals surface area contributed by atoms with Crippen LogP contribution in [0.4, 0.5) is 13.2 Å². The SMILES string of the molecule is C[C@H](CCCC(C)(O)C(F)(F)F)[C@H]1CC[C@H]2[C@@H]3CC=C4C[C@@](C)(O)CC[C@]4(C)[C@H]3CC[C@]12C. The minimum Gasteiger partial charge on any atom is -0.390 e. The molecule has 4 rings (SSSR count). The number of hydrogen-bond acceptors (Lipinski definition) is 2. The second-order valence-corrected chi connectivity index (χ2v) is 13.3. The highest BCUT2D eigenvalue weighted by molar-refractivity contribution is 5.26. The first-order valence-electron chi connectivity index (χ1n) is 13.3. The van der Waals surface area contributed by atoms with E-state index >= 15 is 0 Å². The predicted octanol–water partition coefficient (Wildman–Crippen LogP) is 7.44. The molecule has 0 radical (unpaired) electrons. The maximum atomic E-state index is 13.0. The molecule has 0 aromatic heterocycles. The average molecular weight is 471 g/mol. The lowest BCUT2D eigenvalue weighted by molar-refractivity contribution is -0.255. The Bertz CT molecular complexity index is 770. The van der Waals surface area contributed by atoms with Crippen LogP contribution in [-0.4, -0.2) is 27.6 Å². The topological polar surface area (TPSA) is 40.5 Å². The Morgan fingerprint density at radius 1 is 1.06 bits per heavy atom. The Kier molecular flexibility index (Phi) is 6.39. The summed E-state index contributed by atoms with van der Waals surface area (Å²) in [5.74, 6) is 3.03. The van der Waals surface area contributed by atoms with Gasteiger partial charge in [0, 0.05) is 0 Å². The summed E-state index contributed by atoms with van der Waals surface area (Å²) in [5.41, 5.74) is -1.16. The molecule has 1 unspecified atom stereocenters. The predicted molar refractivity (Wildman–Crippen MR) is 126 cm³/mol. The first kappa shape index (κ1) is 25.5. The molecule has 0 aliphatic heterocycles. The monoisotopic (exact) mass is 470 g/mol. The molecule has 9 atom stereocenters. The molecular weight excluding hydrogens is 425 g/mol. The second-order valence-electron chi connectivity index (χ2n) is 13.3. The number of aliphatic hydroxyl groups is 2. The van der Waals surface area contributed by atoms with E-state index in [1.165, 1.54) is 31.3 Å². The van der Waals surface area contributed by atoms with Gasteiger partial charge in [0.1, 0.15) is 0 Å². The molecule has 0 amide bonds. The van der Waals surface area contributed by atoms with Gasteiger partial charge in [-0.15, -0.1) is 0 Å². The number of allylic oxidation sites excluding steroid dienone is 1. The summed E-state index contributed by atoms with van der Waals surface area (Å²) in [6, 6.07) is 0. The minimum absolute atomic E-state index is 0.214. The van der Waals surface area contributed by atoms with Gasteiger partial charge < -0.3 is 10.2 Å². The molecule has 0 spiro atoms. The zero-order valence-corrected chi connectivity index (χ0v) is 21.3. The second kappa shape index (κ2) is 8.25. The fraction of sp³-hybridized carbons (Fsp3) is 0.929. The van der Waals surface area contributed by atoms with Gasteiger partial charge in [0.2, 0.25) is 0 Å². The largest absolute Gasteiger partial charge is 0.416 e. The molecule has 3 saturated carbocycles. The van der Waals surface area contributed by atoms with Crippen LogP contribution in [0.25, 0.3) is 0 Å². The van der Waals surface area contributed by atoms with E-state index < -0.39 is 17.4 Å². The van der Waals surface area contributed by atoms with E-state index in [0.717, 1.165) is 39.0 Å². The molecule has 3 fully saturated rings. The van der Waals surface area contributed by atoms with E-state index in [2.05, 4.69) is 26.8 Å². The summed E-state index contributed by atoms with van der Waals surface area (Å²) in [6.45, 7) is 10.0. The number of alkyl halides is 3. The molecule has 5 heteroatoms. The number of rotatable bonds is 5. The van der Waals surface area contributed by atoms with Crippen LogP contribution in [0.3, 0.4) is 0 Å². The Hall–Kier alpha value is -0.550. The normalized spacial score (nSPS) is 45.9. The van der Waals surface area contributed by atoms with Gasteiger partial charge in [-0.25, -0.2) is 0 Å². The number of hydrogen-bond donors (Lipinski definition) is 2. The van der Waals surface area contributed by atoms with Crippen LogP contribution < -0.4 is 0 Å². The molecule has 0 aromatic rings. The van der Waals surface area contributed by atoms with E-state index in [9.17, 15) is 23.4 Å². The molecule has 2 nitrogen and oxygen atoms in total. The van der Waals surface area contributed by atoms with Gasteiger partial charge in [0.25, 0.3) is 0 Å². The van der Waals surface area contributed by atoms with Crippen LogP contribution in [0.2, 0.25) is 0 Å². The van der Waals surface area contributed by atoms with Crippen molar-refractivity contribution < 1.29 is 23.4 Å². The van der Waals surface area contributed by atoms with Crippen molar-refractivity contribution in [1.29, 1.82) is 0 Å². The van der Waals surface area contributed by atoms with Crippen molar-refractivity contribution in [3.63, 3.8) is 0 Å². The standard InChI is InChI=1S/C28H45F3O2/c1-18(7-6-13-27(5,33)28(29,30)31)21-10-11-22-20-9-8-19-17-24(2,32)15-16-25(19,3)23(20)12-14-26(21,22)4/h8,18,20-23,32-33H,6-7,9-17H2,1-5H3/t18-,20+,21-,22+,23+,24+,25+,26-,27?/m1/s1. The van der Waals surface area contributed by atoms with Gasteiger partial charge in [-0.2, -0.15) is 13.2 Å². The fourth-order valence-corrected chi connectivity index (χ4v) is 8.89. The van der Waals surface area contributed by atoms with E-state index in [0.29, 0.717) is 36.0 Å². The van der Waals surface area contributed by atoms with Gasteiger partial charge in [0.15, 0.2) is 5.60 Å². The third kappa shape index (κ3) is 4.32. The maximum Gasteiger partial charge on any atom is 0.416 e. The lowest BCUT2D eigenvalue weighted by Gasteiger charge is -2.59. The van der Waals surface area contributed by atoms with E-state index in [1.807, 2.05) is 6.92 Å². The fourth-order valence-electron chi connectivity index (χ4n) is 8.89. The van der Waals surface area contributed by atoms with E-state index in [4.69, 9.17) is 0 Å². The van der Waals surface area contributed by atoms with Crippen molar-refractivity contribution in [2.75, 3.05) is 0 Å². The van der Waals surface area contributed by atoms with Crippen LogP contribution >= 0.6 is 0 Å². The highest BCUT2D eigenvalue weighted by Gasteiger charge is 2.59. The number of halogens is 3. The third-order valence-corrected chi connectivity index (χ3v) is 11.1. The number of fused-ring (bicyclic) bond motifs is 5. The zero-order valence-electron chi connectivity index (χ0n) is 21.3. The van der Waals surface area contributed by atoms with Crippen molar-refractivity contribution in [2.24, 2.45) is 40.4 Å². The Morgan fingerprint density at radius 2 is 1.76 bits per heavy atom. The molecule has 0 saturated heterocycles. The van der Waals surface area contributed by atoms with Gasteiger partial charge in [-0.3, -0.25) is 0 Å². The van der Waals surface area contributed by atoms with E-state index in [1.54, 1.807) is 0 Å². The van der Waals surface area contributed by atoms with Crippen molar-refractivity contribution in [2.45, 2.75) is 123 Å². The third-order valence-electron chi connectivity index (χ3n) is 11.1. The van der Waals surface area contributed by atoms with Crippen LogP contribution in [-0.2, 0) is 0 Å². The first-order valence-corrected chi connectivity index (χ1v) is 13.3. The van der Waals surface area contributed by atoms with E-state index in [-0.39, 0.29) is 17.3 Å². The Labute approximate surface area is 198 Å². The average Bonchev–Trinajstić information content (AvgIpc) is 3.04. The lowest BCUT2D eigenvalue weighted by Crippen LogP contribution is -2.52. The van der Waals surface area contributed by atoms with Crippen molar-refractivity contribution in [3.8, 4) is 0 Å². The van der Waals surface area contributed by atoms with Crippen LogP contribution in [0, 0.1) is 40.4 Å². The smallest absolute Gasteiger partial charge is 0.390 e. The van der Waals surface area contributed by atoms with Crippen LogP contribution in [0.5, 0.6) is 0 Å². The highest BCUT2D eigenvalue weighted by Crippen LogP contribution is 2.67. The molecule has 4 aliphatic carbocycles. The van der Waals surface area contributed by atoms with Crippen LogP contribution in [0.15, 0.2) is 11.6 Å². The minimum atomic E-state index is -4.56. The van der Waals surface area contributed by atoms with Gasteiger partial charge in [0.05, 0.1) is 5.60 Å². The van der Waals surface area contributed by atoms with Crippen molar-refractivity contribution >= 4 is 0 Å². The Balaban J connectivity index is 1.44. The summed E-state index contributed by atoms with van der Waals surface area (Å²) < 4.78 is 39.1. The molecular formula is C28H45F3O2. The maximum absolute atomic E-state index is 13.0. The van der Waals surface area contributed by atoms with Gasteiger partial charge in [-0.05, 0) is 118 Å². The molecule has 2 N–H and O–H groups in total. The van der Waals surface area contributed by atoms with Crippen molar-refractivity contribution in [3.05, 3.63) is 11.6 Å². The molecule has 0 aromatic carbocycles. The molecule has 4 aliphatic rings. The van der Waals surface area contributed by atoms with Gasteiger partial charge >= 0.3 is 6.18 Å². The molecule has 0 heterocycles. The summed E-state index contributed by atoms with van der Waals surface area (Å²) in [4.78, 5) is 0. The zero-order chi connectivity index (χ0) is 24.4. The summed E-state index contributed by atoms with van der Waals surface area (Å²) in [6.07, 6.45) is 7.64. The van der Waals surface area contributed by atoms with Crippen LogP contribution in [0.1, 0.15) is 105 Å². The van der Waals surface area contributed by atoms with Crippen molar-refractivity contribution in [1.82, 2.24) is 0 Å². The molecule has 190 valence electrons. The highest BCUT2D eigenvalue weighted by atomic mass is 19.4. The summed E-state index contributed by atoms with van der Waals surface area (Å²) >= 11 is 0. The summed E-state index contributed by atoms with van der Waals surface area (Å²) in [5, 5.41) is 20.5. The first-order chi connectivity index (χ1) is 15.1. The summed E-state index contributed by atoms with van der Waals surface area (Å²) in [7, 11) is 0. The lowest BCUT2D eigenvalue weighted by atomic mass is 9.46. The quantitative estimate of drug-likeness (QED) is 0.410. The molecule has 0 bridgehead atoms. The Morgan fingerprint density at radius 3 is 2.42 bits per heavy atom. The molecule has 33 heavy (non-hydrogen) atoms. The van der Waals surface area contributed by atoms with Gasteiger partial charge in [-0.1, -0.05) is 38.8 Å².